The first-order valence-corrected chi connectivity index (χ1v) is 10.7. The lowest BCUT2D eigenvalue weighted by atomic mass is 10.2. The van der Waals surface area contributed by atoms with Crippen LogP contribution in [0.3, 0.4) is 0 Å². The Kier molecular flexibility index (Phi) is 4.59. The first-order valence-electron chi connectivity index (χ1n) is 6.65. The van der Waals surface area contributed by atoms with Crippen molar-refractivity contribution in [2.75, 3.05) is 4.72 Å². The number of nitrogens with zero attached hydrogens (tertiary/aromatic N) is 1. The van der Waals surface area contributed by atoms with E-state index in [1.54, 1.807) is 12.1 Å². The summed E-state index contributed by atoms with van der Waals surface area (Å²) in [6.07, 6.45) is 0. The van der Waals surface area contributed by atoms with Crippen molar-refractivity contribution >= 4 is 54.3 Å². The van der Waals surface area contributed by atoms with Crippen molar-refractivity contribution in [1.29, 1.82) is 0 Å². The number of aryl methyl sites for hydroxylation is 2. The molecule has 0 unspecified atom stereocenters. The van der Waals surface area contributed by atoms with Crippen molar-refractivity contribution in [3.63, 3.8) is 0 Å². The largest absolute Gasteiger partial charge is 0.278 e. The van der Waals surface area contributed by atoms with Gasteiger partial charge in [0.15, 0.2) is 0 Å². The Morgan fingerprint density at radius 3 is 2.57 bits per heavy atom. The molecule has 120 valence electrons. The third kappa shape index (κ3) is 3.65. The Balaban J connectivity index is 1.89. The number of anilines is 1. The molecule has 4 nitrogen and oxygen atoms in total. The van der Waals surface area contributed by atoms with E-state index in [-0.39, 0.29) is 4.21 Å². The Hall–Kier alpha value is -1.22. The van der Waals surface area contributed by atoms with Crippen molar-refractivity contribution in [2.24, 2.45) is 0 Å². The van der Waals surface area contributed by atoms with Crippen LogP contribution in [0.25, 0.3) is 10.6 Å². The fraction of sp³-hybridized carbons (Fsp3) is 0.133. The van der Waals surface area contributed by atoms with E-state index in [4.69, 9.17) is 0 Å². The first kappa shape index (κ1) is 16.6. The molecule has 0 spiro atoms. The van der Waals surface area contributed by atoms with Gasteiger partial charge in [-0.25, -0.2) is 13.4 Å². The molecule has 0 atom stereocenters. The number of nitrogens with one attached hydrogen (secondary N) is 1. The van der Waals surface area contributed by atoms with Gasteiger partial charge in [-0.3, -0.25) is 4.72 Å². The van der Waals surface area contributed by atoms with E-state index in [1.165, 1.54) is 22.7 Å². The molecule has 1 N–H and O–H groups in total. The van der Waals surface area contributed by atoms with E-state index in [0.29, 0.717) is 10.2 Å². The van der Waals surface area contributed by atoms with Crippen molar-refractivity contribution in [1.82, 2.24) is 4.98 Å². The van der Waals surface area contributed by atoms with Crippen LogP contribution in [-0.4, -0.2) is 13.4 Å². The van der Waals surface area contributed by atoms with Crippen LogP contribution in [0.2, 0.25) is 0 Å². The number of thiazole rings is 1. The minimum atomic E-state index is -3.61. The summed E-state index contributed by atoms with van der Waals surface area (Å²) < 4.78 is 28.7. The van der Waals surface area contributed by atoms with Crippen molar-refractivity contribution < 1.29 is 8.42 Å². The van der Waals surface area contributed by atoms with Crippen molar-refractivity contribution in [2.45, 2.75) is 18.1 Å². The van der Waals surface area contributed by atoms with Crippen LogP contribution in [0.5, 0.6) is 0 Å². The predicted octanol–water partition coefficient (Wildman–Crippen LogP) is 5.05. The first-order chi connectivity index (χ1) is 10.8. The maximum absolute atomic E-state index is 12.6. The molecule has 0 radical (unpaired) electrons. The second-order valence-electron chi connectivity index (χ2n) is 5.04. The highest BCUT2D eigenvalue weighted by atomic mass is 79.9. The molecule has 0 bridgehead atoms. The fourth-order valence-corrected chi connectivity index (χ4v) is 5.78. The van der Waals surface area contributed by atoms with Gasteiger partial charge in [0.2, 0.25) is 0 Å². The van der Waals surface area contributed by atoms with Gasteiger partial charge in [-0.15, -0.1) is 22.7 Å². The highest BCUT2D eigenvalue weighted by Crippen LogP contribution is 2.32. The molecule has 0 aliphatic rings. The van der Waals surface area contributed by atoms with E-state index in [9.17, 15) is 8.42 Å². The van der Waals surface area contributed by atoms with Crippen LogP contribution in [0.4, 0.5) is 5.69 Å². The molecule has 0 aliphatic heterocycles. The second kappa shape index (κ2) is 6.35. The quantitative estimate of drug-likeness (QED) is 0.631. The van der Waals surface area contributed by atoms with Gasteiger partial charge < -0.3 is 0 Å². The highest BCUT2D eigenvalue weighted by Gasteiger charge is 2.19. The molecule has 2 aromatic heterocycles. The third-order valence-corrected chi connectivity index (χ3v) is 7.55. The van der Waals surface area contributed by atoms with E-state index in [1.807, 2.05) is 36.7 Å². The predicted molar refractivity (Wildman–Crippen MR) is 99.9 cm³/mol. The van der Waals surface area contributed by atoms with E-state index < -0.39 is 10.0 Å². The summed E-state index contributed by atoms with van der Waals surface area (Å²) in [5, 5.41) is 4.59. The van der Waals surface area contributed by atoms with Crippen molar-refractivity contribution in [3.8, 4) is 10.6 Å². The molecule has 0 saturated carbocycles. The van der Waals surface area contributed by atoms with Crippen molar-refractivity contribution in [3.05, 3.63) is 50.8 Å². The zero-order valence-electron chi connectivity index (χ0n) is 12.3. The zero-order valence-corrected chi connectivity index (χ0v) is 16.4. The van der Waals surface area contributed by atoms with Crippen LogP contribution in [0, 0.1) is 13.8 Å². The van der Waals surface area contributed by atoms with Gasteiger partial charge in [0, 0.05) is 26.5 Å². The average Bonchev–Trinajstić information content (AvgIpc) is 3.10. The fourth-order valence-electron chi connectivity index (χ4n) is 1.95. The van der Waals surface area contributed by atoms with Crippen LogP contribution in [-0.2, 0) is 10.0 Å². The van der Waals surface area contributed by atoms with E-state index in [2.05, 4.69) is 25.6 Å². The number of thiophene rings is 1. The van der Waals surface area contributed by atoms with Crippen LogP contribution in [0.15, 0.2) is 43.7 Å². The third-order valence-electron chi connectivity index (χ3n) is 3.08. The molecule has 8 heteroatoms. The summed E-state index contributed by atoms with van der Waals surface area (Å²) in [7, 11) is -3.61. The van der Waals surface area contributed by atoms with Crippen LogP contribution >= 0.6 is 38.6 Å². The molecule has 0 fully saturated rings. The molecule has 0 amide bonds. The lowest BCUT2D eigenvalue weighted by Gasteiger charge is -2.08. The SMILES string of the molecule is Cc1ccc(NS(=O)(=O)c2cc(-c3nc(C)cs3)cs2)c(Br)c1. The number of sulfonamides is 1. The molecule has 0 saturated heterocycles. The number of hydrogen-bond acceptors (Lipinski definition) is 5. The Morgan fingerprint density at radius 1 is 1.13 bits per heavy atom. The Bertz CT molecular complexity index is 961. The normalized spacial score (nSPS) is 11.6. The lowest BCUT2D eigenvalue weighted by Crippen LogP contribution is -2.11. The minimum absolute atomic E-state index is 0.271. The maximum atomic E-state index is 12.6. The number of hydrogen-bond donors (Lipinski definition) is 1. The van der Waals surface area contributed by atoms with Gasteiger partial charge in [-0.2, -0.15) is 0 Å². The Morgan fingerprint density at radius 2 is 1.91 bits per heavy atom. The smallest absolute Gasteiger partial charge is 0.271 e. The average molecular weight is 429 g/mol. The van der Waals surface area contributed by atoms with Gasteiger partial charge in [0.25, 0.3) is 10.0 Å². The summed E-state index contributed by atoms with van der Waals surface area (Å²) in [6, 6.07) is 7.14. The van der Waals surface area contributed by atoms with Gasteiger partial charge in [-0.1, -0.05) is 6.07 Å². The molecular formula is C15H13BrN2O2S3. The summed E-state index contributed by atoms with van der Waals surface area (Å²) >= 11 is 6.08. The Labute approximate surface area is 151 Å². The monoisotopic (exact) mass is 428 g/mol. The van der Waals surface area contributed by atoms with Gasteiger partial charge in [0.1, 0.15) is 9.22 Å². The van der Waals surface area contributed by atoms with E-state index in [0.717, 1.165) is 21.8 Å². The van der Waals surface area contributed by atoms with Crippen LogP contribution in [0.1, 0.15) is 11.3 Å². The molecular weight excluding hydrogens is 416 g/mol. The minimum Gasteiger partial charge on any atom is -0.278 e. The highest BCUT2D eigenvalue weighted by molar-refractivity contribution is 9.10. The molecule has 3 rings (SSSR count). The maximum Gasteiger partial charge on any atom is 0.271 e. The number of aromatic nitrogens is 1. The number of rotatable bonds is 4. The van der Waals surface area contributed by atoms with E-state index >= 15 is 0 Å². The summed E-state index contributed by atoms with van der Waals surface area (Å²) in [4.78, 5) is 4.39. The summed E-state index contributed by atoms with van der Waals surface area (Å²) in [6.45, 7) is 3.87. The van der Waals surface area contributed by atoms with Gasteiger partial charge in [-0.05, 0) is 53.5 Å². The lowest BCUT2D eigenvalue weighted by molar-refractivity contribution is 0.603. The van der Waals surface area contributed by atoms with Gasteiger partial charge in [0.05, 0.1) is 5.69 Å². The molecule has 23 heavy (non-hydrogen) atoms. The molecule has 3 aromatic rings. The van der Waals surface area contributed by atoms with Crippen LogP contribution < -0.4 is 4.72 Å². The zero-order chi connectivity index (χ0) is 16.6. The molecule has 0 aliphatic carbocycles. The summed E-state index contributed by atoms with van der Waals surface area (Å²) in [5.74, 6) is 0. The second-order valence-corrected chi connectivity index (χ2v) is 9.57. The number of benzene rings is 1. The standard InChI is InChI=1S/C15H13BrN2O2S3/c1-9-3-4-13(12(16)5-9)18-23(19,20)14-6-11(8-21-14)15-17-10(2)7-22-15/h3-8,18H,1-2H3. The molecule has 2 heterocycles. The van der Waals surface area contributed by atoms with Gasteiger partial charge >= 0.3 is 0 Å². The topological polar surface area (TPSA) is 59.1 Å². The molecule has 1 aromatic carbocycles. The summed E-state index contributed by atoms with van der Waals surface area (Å²) in [5.41, 5.74) is 3.34. The number of halogens is 1.